The lowest BCUT2D eigenvalue weighted by atomic mass is 9.91. The second kappa shape index (κ2) is 6.60. The van der Waals surface area contributed by atoms with Crippen molar-refractivity contribution in [2.24, 2.45) is 0 Å². The maximum atomic E-state index is 6.08. The zero-order chi connectivity index (χ0) is 13.0. The summed E-state index contributed by atoms with van der Waals surface area (Å²) in [5.74, 6) is 0. The first kappa shape index (κ1) is 13.9. The molecule has 2 rings (SSSR count). The van der Waals surface area contributed by atoms with Crippen LogP contribution in [-0.4, -0.2) is 7.05 Å². The molecule has 0 saturated carbocycles. The van der Waals surface area contributed by atoms with Gasteiger partial charge in [0.15, 0.2) is 0 Å². The number of allylic oxidation sites excluding steroid dienone is 1. The number of hydrogen-bond donors (Lipinski definition) is 1. The minimum atomic E-state index is 0.323. The Balaban J connectivity index is 2.12. The van der Waals surface area contributed by atoms with Crippen LogP contribution >= 0.6 is 23.2 Å². The third kappa shape index (κ3) is 3.50. The SMILES string of the molecule is CNC(CC1=CCCCC1)c1ccc(Cl)c(Cl)c1. The van der Waals surface area contributed by atoms with E-state index < -0.39 is 0 Å². The van der Waals surface area contributed by atoms with Gasteiger partial charge in [-0.05, 0) is 56.8 Å². The summed E-state index contributed by atoms with van der Waals surface area (Å²) in [7, 11) is 2.00. The van der Waals surface area contributed by atoms with Crippen molar-refractivity contribution in [1.29, 1.82) is 0 Å². The Morgan fingerprint density at radius 2 is 2.06 bits per heavy atom. The van der Waals surface area contributed by atoms with Gasteiger partial charge >= 0.3 is 0 Å². The topological polar surface area (TPSA) is 12.0 Å². The fourth-order valence-corrected chi connectivity index (χ4v) is 2.77. The summed E-state index contributed by atoms with van der Waals surface area (Å²) in [5.41, 5.74) is 2.77. The Bertz CT molecular complexity index is 440. The Kier molecular flexibility index (Phi) is 5.11. The molecule has 0 radical (unpaired) electrons. The molecule has 1 aromatic carbocycles. The number of rotatable bonds is 4. The molecule has 1 aliphatic rings. The Morgan fingerprint density at radius 1 is 1.22 bits per heavy atom. The van der Waals surface area contributed by atoms with E-state index in [9.17, 15) is 0 Å². The minimum absolute atomic E-state index is 0.323. The lowest BCUT2D eigenvalue weighted by Gasteiger charge is -2.21. The maximum Gasteiger partial charge on any atom is 0.0595 e. The van der Waals surface area contributed by atoms with Gasteiger partial charge in [0.2, 0.25) is 0 Å². The van der Waals surface area contributed by atoms with E-state index in [1.165, 1.54) is 31.2 Å². The molecular weight excluding hydrogens is 265 g/mol. The maximum absolute atomic E-state index is 6.08. The van der Waals surface area contributed by atoms with Crippen LogP contribution in [0.15, 0.2) is 29.8 Å². The van der Waals surface area contributed by atoms with Gasteiger partial charge < -0.3 is 5.32 Å². The molecule has 0 spiro atoms. The first-order valence-electron chi connectivity index (χ1n) is 6.51. The van der Waals surface area contributed by atoms with Crippen LogP contribution in [-0.2, 0) is 0 Å². The molecule has 1 aliphatic carbocycles. The van der Waals surface area contributed by atoms with Crippen molar-refractivity contribution < 1.29 is 0 Å². The molecule has 0 saturated heterocycles. The Labute approximate surface area is 119 Å². The average molecular weight is 284 g/mol. The van der Waals surface area contributed by atoms with Crippen LogP contribution in [0.3, 0.4) is 0 Å². The van der Waals surface area contributed by atoms with Crippen molar-refractivity contribution in [3.8, 4) is 0 Å². The summed E-state index contributed by atoms with van der Waals surface area (Å²) in [6, 6.07) is 6.22. The molecule has 1 N–H and O–H groups in total. The monoisotopic (exact) mass is 283 g/mol. The molecule has 1 nitrogen and oxygen atoms in total. The van der Waals surface area contributed by atoms with Crippen molar-refractivity contribution in [3.05, 3.63) is 45.5 Å². The first-order valence-corrected chi connectivity index (χ1v) is 7.26. The lowest BCUT2D eigenvalue weighted by molar-refractivity contribution is 0.559. The van der Waals surface area contributed by atoms with Crippen LogP contribution in [0.4, 0.5) is 0 Å². The van der Waals surface area contributed by atoms with E-state index in [0.29, 0.717) is 16.1 Å². The van der Waals surface area contributed by atoms with Gasteiger partial charge in [-0.25, -0.2) is 0 Å². The summed E-state index contributed by atoms with van der Waals surface area (Å²) in [6.45, 7) is 0. The minimum Gasteiger partial charge on any atom is -0.313 e. The average Bonchev–Trinajstić information content (AvgIpc) is 2.40. The quantitative estimate of drug-likeness (QED) is 0.754. The Morgan fingerprint density at radius 3 is 2.67 bits per heavy atom. The van der Waals surface area contributed by atoms with Crippen LogP contribution in [0.1, 0.15) is 43.7 Å². The van der Waals surface area contributed by atoms with Gasteiger partial charge in [0.05, 0.1) is 10.0 Å². The molecule has 1 atom stereocenters. The molecule has 0 aromatic heterocycles. The molecule has 0 fully saturated rings. The standard InChI is InChI=1S/C15H19Cl2N/c1-18-15(9-11-5-3-2-4-6-11)12-7-8-13(16)14(17)10-12/h5,7-8,10,15,18H,2-4,6,9H2,1H3. The molecule has 0 aliphatic heterocycles. The molecule has 1 aromatic rings. The zero-order valence-electron chi connectivity index (χ0n) is 10.7. The van der Waals surface area contributed by atoms with Crippen molar-refractivity contribution in [1.82, 2.24) is 5.32 Å². The van der Waals surface area contributed by atoms with Gasteiger partial charge in [-0.2, -0.15) is 0 Å². The van der Waals surface area contributed by atoms with E-state index in [4.69, 9.17) is 23.2 Å². The third-order valence-corrected chi connectivity index (χ3v) is 4.28. The van der Waals surface area contributed by atoms with Crippen LogP contribution in [0.5, 0.6) is 0 Å². The fraction of sp³-hybridized carbons (Fsp3) is 0.467. The van der Waals surface area contributed by atoms with Crippen LogP contribution in [0.2, 0.25) is 10.0 Å². The molecule has 0 amide bonds. The van der Waals surface area contributed by atoms with Crippen molar-refractivity contribution in [3.63, 3.8) is 0 Å². The third-order valence-electron chi connectivity index (χ3n) is 3.55. The van der Waals surface area contributed by atoms with Crippen LogP contribution < -0.4 is 5.32 Å². The number of benzene rings is 1. The smallest absolute Gasteiger partial charge is 0.0595 e. The first-order chi connectivity index (χ1) is 8.70. The van der Waals surface area contributed by atoms with Gasteiger partial charge in [-0.1, -0.05) is 40.9 Å². The number of halogens is 2. The number of hydrogen-bond acceptors (Lipinski definition) is 1. The van der Waals surface area contributed by atoms with Gasteiger partial charge in [0, 0.05) is 6.04 Å². The summed E-state index contributed by atoms with van der Waals surface area (Å²) in [5, 5.41) is 4.62. The largest absolute Gasteiger partial charge is 0.313 e. The molecule has 18 heavy (non-hydrogen) atoms. The van der Waals surface area contributed by atoms with E-state index in [0.717, 1.165) is 6.42 Å². The predicted molar refractivity (Wildman–Crippen MR) is 79.4 cm³/mol. The molecule has 98 valence electrons. The summed E-state index contributed by atoms with van der Waals surface area (Å²) < 4.78 is 0. The van der Waals surface area contributed by atoms with Gasteiger partial charge in [-0.3, -0.25) is 0 Å². The highest BCUT2D eigenvalue weighted by Gasteiger charge is 2.14. The summed E-state index contributed by atoms with van der Waals surface area (Å²) in [4.78, 5) is 0. The second-order valence-electron chi connectivity index (χ2n) is 4.83. The number of nitrogens with one attached hydrogen (secondary N) is 1. The van der Waals surface area contributed by atoms with Gasteiger partial charge in [-0.15, -0.1) is 0 Å². The Hall–Kier alpha value is -0.500. The second-order valence-corrected chi connectivity index (χ2v) is 5.64. The lowest BCUT2D eigenvalue weighted by Crippen LogP contribution is -2.17. The van der Waals surface area contributed by atoms with Crippen molar-refractivity contribution in [2.75, 3.05) is 7.05 Å². The normalized spacial score (nSPS) is 17.4. The molecule has 3 heteroatoms. The molecule has 0 heterocycles. The van der Waals surface area contributed by atoms with Crippen LogP contribution in [0.25, 0.3) is 0 Å². The van der Waals surface area contributed by atoms with Crippen LogP contribution in [0, 0.1) is 0 Å². The summed E-state index contributed by atoms with van der Waals surface area (Å²) in [6.07, 6.45) is 8.58. The predicted octanol–water partition coefficient (Wildman–Crippen LogP) is 5.14. The fourth-order valence-electron chi connectivity index (χ4n) is 2.47. The molecular formula is C15H19Cl2N. The molecule has 1 unspecified atom stereocenters. The zero-order valence-corrected chi connectivity index (χ0v) is 12.2. The highest BCUT2D eigenvalue weighted by molar-refractivity contribution is 6.42. The van der Waals surface area contributed by atoms with Gasteiger partial charge in [0.25, 0.3) is 0 Å². The van der Waals surface area contributed by atoms with E-state index >= 15 is 0 Å². The van der Waals surface area contributed by atoms with E-state index in [2.05, 4.69) is 17.5 Å². The summed E-state index contributed by atoms with van der Waals surface area (Å²) >= 11 is 12.0. The highest BCUT2D eigenvalue weighted by Crippen LogP contribution is 2.30. The van der Waals surface area contributed by atoms with E-state index in [1.807, 2.05) is 19.2 Å². The van der Waals surface area contributed by atoms with E-state index in [-0.39, 0.29) is 0 Å². The van der Waals surface area contributed by atoms with Crippen molar-refractivity contribution in [2.45, 2.75) is 38.1 Å². The molecule has 0 bridgehead atoms. The van der Waals surface area contributed by atoms with E-state index in [1.54, 1.807) is 5.57 Å². The van der Waals surface area contributed by atoms with Gasteiger partial charge in [0.1, 0.15) is 0 Å². The van der Waals surface area contributed by atoms with Crippen molar-refractivity contribution >= 4 is 23.2 Å². The highest BCUT2D eigenvalue weighted by atomic mass is 35.5.